The van der Waals surface area contributed by atoms with Crippen LogP contribution in [-0.4, -0.2) is 66.5 Å². The van der Waals surface area contributed by atoms with E-state index in [2.05, 4.69) is 20.8 Å². The van der Waals surface area contributed by atoms with Gasteiger partial charge in [0.05, 0.1) is 19.8 Å². The minimum Gasteiger partial charge on any atom is -0.462 e. The van der Waals surface area contributed by atoms with E-state index >= 15 is 0 Å². The predicted molar refractivity (Wildman–Crippen MR) is 298 cm³/mol. The minimum absolute atomic E-state index is 0.179. The van der Waals surface area contributed by atoms with E-state index in [1.807, 2.05) is 0 Å². The van der Waals surface area contributed by atoms with Crippen LogP contribution in [0.1, 0.15) is 329 Å². The highest BCUT2D eigenvalue weighted by atomic mass is 31.2. The van der Waals surface area contributed by atoms with Gasteiger partial charge in [0.2, 0.25) is 0 Å². The number of ether oxygens (including phenoxy) is 3. The maximum Gasteiger partial charge on any atom is 0.472 e. The zero-order valence-corrected chi connectivity index (χ0v) is 48.3. The second kappa shape index (κ2) is 55.7. The topological polar surface area (TPSA) is 155 Å². The van der Waals surface area contributed by atoms with Crippen molar-refractivity contribution in [1.29, 1.82) is 0 Å². The van der Waals surface area contributed by atoms with Gasteiger partial charge < -0.3 is 24.2 Å². The molecule has 11 nitrogen and oxygen atoms in total. The molecular formula is C60H117O11P. The molecular weight excluding hydrogens is 928 g/mol. The highest BCUT2D eigenvalue weighted by molar-refractivity contribution is 7.47. The van der Waals surface area contributed by atoms with Crippen LogP contribution in [0.5, 0.6) is 0 Å². The maximum absolute atomic E-state index is 12.9. The molecule has 3 atom stereocenters. The fraction of sp³-hybridized carbons (Fsp3) is 0.950. The van der Waals surface area contributed by atoms with Crippen molar-refractivity contribution in [3.63, 3.8) is 0 Å². The van der Waals surface area contributed by atoms with Gasteiger partial charge in [-0.3, -0.25) is 23.4 Å². The molecule has 0 saturated carbocycles. The van der Waals surface area contributed by atoms with E-state index in [1.165, 1.54) is 212 Å². The molecule has 3 unspecified atom stereocenters. The van der Waals surface area contributed by atoms with Crippen LogP contribution < -0.4 is 0 Å². The number of phosphoric acid groups is 1. The molecule has 0 fully saturated rings. The summed E-state index contributed by atoms with van der Waals surface area (Å²) < 4.78 is 39.6. The van der Waals surface area contributed by atoms with Crippen LogP contribution in [0.4, 0.5) is 0 Å². The molecule has 0 aliphatic carbocycles. The van der Waals surface area contributed by atoms with E-state index in [0.29, 0.717) is 19.3 Å². The molecule has 0 aliphatic rings. The van der Waals surface area contributed by atoms with E-state index in [9.17, 15) is 28.9 Å². The van der Waals surface area contributed by atoms with Crippen molar-refractivity contribution in [3.05, 3.63) is 0 Å². The standard InChI is InChI=1S/C60H117O11P/c1-4-7-10-13-16-19-21-23-25-27-28-30-32-34-36-39-42-45-48-51-60(64)71-57(53-67-58(62)49-46-43-40-38-35-33-31-29-26-24-22-20-17-14-11-8-5-2)55-69-72(65,66)68-54-56(52-61)70-59(63)50-47-44-41-37-18-15-12-9-6-3/h56-57,61H,4-55H2,1-3H3,(H,65,66). The Hall–Kier alpha value is -1.52. The van der Waals surface area contributed by atoms with Crippen LogP contribution in [0.15, 0.2) is 0 Å². The molecule has 2 N–H and O–H groups in total. The summed E-state index contributed by atoms with van der Waals surface area (Å²) >= 11 is 0. The third kappa shape index (κ3) is 53.3. The number of phosphoric ester groups is 1. The number of aliphatic hydroxyl groups excluding tert-OH is 1. The number of carbonyl (C=O) groups is 3. The summed E-state index contributed by atoms with van der Waals surface area (Å²) in [6.45, 7) is 4.71. The summed E-state index contributed by atoms with van der Waals surface area (Å²) in [6.07, 6.45) is 53.6. The molecule has 0 spiro atoms. The lowest BCUT2D eigenvalue weighted by Crippen LogP contribution is -2.30. The van der Waals surface area contributed by atoms with Crippen molar-refractivity contribution < 1.29 is 52.2 Å². The summed E-state index contributed by atoms with van der Waals surface area (Å²) in [4.78, 5) is 48.5. The molecule has 0 aromatic carbocycles. The molecule has 72 heavy (non-hydrogen) atoms. The summed E-state index contributed by atoms with van der Waals surface area (Å²) in [7, 11) is -4.73. The molecule has 0 aromatic rings. The van der Waals surface area contributed by atoms with Gasteiger partial charge in [0.25, 0.3) is 0 Å². The minimum atomic E-state index is -4.73. The van der Waals surface area contributed by atoms with Gasteiger partial charge in [-0.15, -0.1) is 0 Å². The van der Waals surface area contributed by atoms with Gasteiger partial charge in [-0.05, 0) is 19.3 Å². The number of esters is 3. The average Bonchev–Trinajstić information content (AvgIpc) is 3.37. The van der Waals surface area contributed by atoms with Crippen LogP contribution >= 0.6 is 7.82 Å². The third-order valence-electron chi connectivity index (χ3n) is 14.0. The first-order valence-corrected chi connectivity index (χ1v) is 32.4. The molecule has 0 saturated heterocycles. The number of rotatable bonds is 59. The van der Waals surface area contributed by atoms with Crippen molar-refractivity contribution in [2.24, 2.45) is 0 Å². The summed E-state index contributed by atoms with van der Waals surface area (Å²) in [5.41, 5.74) is 0. The SMILES string of the molecule is CCCCCCCCCCCCCCCCCCCCCC(=O)OC(COC(=O)CCCCCCCCCCCCCCCCCCC)COP(=O)(O)OCC(CO)OC(=O)CCCCCCCCCCC. The van der Waals surface area contributed by atoms with Crippen molar-refractivity contribution in [3.8, 4) is 0 Å². The average molecular weight is 1050 g/mol. The molecule has 0 radical (unpaired) electrons. The first-order chi connectivity index (χ1) is 35.2. The van der Waals surface area contributed by atoms with Gasteiger partial charge in [0, 0.05) is 19.3 Å². The van der Waals surface area contributed by atoms with E-state index in [1.54, 1.807) is 0 Å². The molecule has 428 valence electrons. The number of carbonyl (C=O) groups excluding carboxylic acids is 3. The Balaban J connectivity index is 4.61. The number of aliphatic hydroxyl groups is 1. The smallest absolute Gasteiger partial charge is 0.462 e. The molecule has 0 rings (SSSR count). The van der Waals surface area contributed by atoms with Crippen molar-refractivity contribution in [1.82, 2.24) is 0 Å². The van der Waals surface area contributed by atoms with Crippen LogP contribution in [0.3, 0.4) is 0 Å². The van der Waals surface area contributed by atoms with Crippen molar-refractivity contribution in [2.45, 2.75) is 341 Å². The van der Waals surface area contributed by atoms with Crippen LogP contribution in [0, 0.1) is 0 Å². The van der Waals surface area contributed by atoms with Gasteiger partial charge in [0.1, 0.15) is 12.7 Å². The normalized spacial score (nSPS) is 13.2. The zero-order chi connectivity index (χ0) is 52.7. The Bertz CT molecular complexity index is 1220. The first-order valence-electron chi connectivity index (χ1n) is 30.9. The summed E-state index contributed by atoms with van der Waals surface area (Å²) in [5.74, 6) is -1.43. The van der Waals surface area contributed by atoms with Gasteiger partial charge >= 0.3 is 25.7 Å². The molecule has 12 heteroatoms. The van der Waals surface area contributed by atoms with Gasteiger partial charge in [-0.1, -0.05) is 290 Å². The highest BCUT2D eigenvalue weighted by Crippen LogP contribution is 2.43. The number of hydrogen-bond acceptors (Lipinski definition) is 10. The third-order valence-corrected chi connectivity index (χ3v) is 15.0. The monoisotopic (exact) mass is 1040 g/mol. The quantitative estimate of drug-likeness (QED) is 0.0259. The van der Waals surface area contributed by atoms with E-state index in [0.717, 1.165) is 57.8 Å². The maximum atomic E-state index is 12.9. The molecule has 0 amide bonds. The Kier molecular flexibility index (Phi) is 54.5. The highest BCUT2D eigenvalue weighted by Gasteiger charge is 2.28. The van der Waals surface area contributed by atoms with E-state index in [4.69, 9.17) is 23.3 Å². The van der Waals surface area contributed by atoms with Gasteiger partial charge in [-0.25, -0.2) is 4.57 Å². The number of hydrogen-bond donors (Lipinski definition) is 2. The lowest BCUT2D eigenvalue weighted by Gasteiger charge is -2.21. The Labute approximate surface area is 443 Å². The van der Waals surface area contributed by atoms with Gasteiger partial charge in [-0.2, -0.15) is 0 Å². The predicted octanol–water partition coefficient (Wildman–Crippen LogP) is 18.3. The zero-order valence-electron chi connectivity index (χ0n) is 47.4. The largest absolute Gasteiger partial charge is 0.472 e. The second-order valence-electron chi connectivity index (χ2n) is 21.2. The fourth-order valence-electron chi connectivity index (χ4n) is 9.30. The molecule has 0 heterocycles. The van der Waals surface area contributed by atoms with Gasteiger partial charge in [0.15, 0.2) is 6.10 Å². The first kappa shape index (κ1) is 70.5. The lowest BCUT2D eigenvalue weighted by molar-refractivity contribution is -0.161. The Morgan fingerprint density at radius 2 is 0.556 bits per heavy atom. The summed E-state index contributed by atoms with van der Waals surface area (Å²) in [6, 6.07) is 0. The Morgan fingerprint density at radius 1 is 0.333 bits per heavy atom. The van der Waals surface area contributed by atoms with Crippen LogP contribution in [-0.2, 0) is 42.2 Å². The molecule has 0 bridgehead atoms. The molecule has 0 aromatic heterocycles. The van der Waals surface area contributed by atoms with Crippen LogP contribution in [0.25, 0.3) is 0 Å². The van der Waals surface area contributed by atoms with Crippen molar-refractivity contribution in [2.75, 3.05) is 26.4 Å². The number of unbranched alkanes of at least 4 members (excludes halogenated alkanes) is 42. The van der Waals surface area contributed by atoms with E-state index in [-0.39, 0.29) is 25.9 Å². The Morgan fingerprint density at radius 3 is 0.819 bits per heavy atom. The lowest BCUT2D eigenvalue weighted by atomic mass is 10.0. The second-order valence-corrected chi connectivity index (χ2v) is 22.7. The van der Waals surface area contributed by atoms with Crippen LogP contribution in [0.2, 0.25) is 0 Å². The molecule has 0 aliphatic heterocycles. The fourth-order valence-corrected chi connectivity index (χ4v) is 10.1. The van der Waals surface area contributed by atoms with E-state index < -0.39 is 57.8 Å². The summed E-state index contributed by atoms with van der Waals surface area (Å²) in [5, 5.41) is 9.78. The van der Waals surface area contributed by atoms with Crippen molar-refractivity contribution >= 4 is 25.7 Å².